The van der Waals surface area contributed by atoms with E-state index in [4.69, 9.17) is 34.9 Å². The maximum absolute atomic E-state index is 5.22. The van der Waals surface area contributed by atoms with Crippen LogP contribution in [0.15, 0.2) is 182 Å². The highest BCUT2D eigenvalue weighted by molar-refractivity contribution is 7.21. The first-order valence-corrected chi connectivity index (χ1v) is 19.7. The molecule has 0 aliphatic carbocycles. The third-order valence-electron chi connectivity index (χ3n) is 10.2. The van der Waals surface area contributed by atoms with Gasteiger partial charge in [-0.15, -0.1) is 11.3 Å². The fourth-order valence-corrected chi connectivity index (χ4v) is 8.34. The van der Waals surface area contributed by atoms with Crippen LogP contribution in [0, 0.1) is 0 Å². The first-order chi connectivity index (χ1) is 28.7. The summed E-state index contributed by atoms with van der Waals surface area (Å²) in [7, 11) is 0. The number of para-hydroxylation sites is 3. The highest BCUT2D eigenvalue weighted by atomic mass is 32.1. The van der Waals surface area contributed by atoms with E-state index in [1.54, 1.807) is 11.3 Å². The van der Waals surface area contributed by atoms with Gasteiger partial charge in [-0.2, -0.15) is 0 Å². The van der Waals surface area contributed by atoms with Gasteiger partial charge in [0, 0.05) is 38.6 Å². The van der Waals surface area contributed by atoms with Crippen LogP contribution in [-0.2, 0) is 0 Å². The summed E-state index contributed by atoms with van der Waals surface area (Å²) in [4.78, 5) is 35.6. The van der Waals surface area contributed by atoms with Crippen LogP contribution in [-0.4, -0.2) is 39.5 Å². The second kappa shape index (κ2) is 14.1. The lowest BCUT2D eigenvalue weighted by Gasteiger charge is -2.16. The van der Waals surface area contributed by atoms with Crippen molar-refractivity contribution in [3.63, 3.8) is 0 Å². The Labute approximate surface area is 336 Å². The molecular formula is C49H30N8S. The molecule has 0 aliphatic heterocycles. The van der Waals surface area contributed by atoms with Crippen molar-refractivity contribution in [2.75, 3.05) is 0 Å². The monoisotopic (exact) mass is 762 g/mol. The predicted molar refractivity (Wildman–Crippen MR) is 233 cm³/mol. The van der Waals surface area contributed by atoms with Crippen molar-refractivity contribution in [1.29, 1.82) is 0 Å². The molecule has 58 heavy (non-hydrogen) atoms. The van der Waals surface area contributed by atoms with Gasteiger partial charge in [-0.25, -0.2) is 34.9 Å². The molecule has 4 heterocycles. The Morgan fingerprint density at radius 1 is 0.345 bits per heavy atom. The van der Waals surface area contributed by atoms with Gasteiger partial charge in [0.1, 0.15) is 0 Å². The van der Waals surface area contributed by atoms with Gasteiger partial charge in [-0.3, -0.25) is 0 Å². The van der Waals surface area contributed by atoms with E-state index in [0.29, 0.717) is 34.9 Å². The largest absolute Gasteiger partial charge is 0.309 e. The molecule has 0 N–H and O–H groups in total. The van der Waals surface area contributed by atoms with Crippen LogP contribution in [0.3, 0.4) is 0 Å². The van der Waals surface area contributed by atoms with Crippen LogP contribution in [0.4, 0.5) is 0 Å². The fourth-order valence-electron chi connectivity index (χ4n) is 7.45. The number of thiazole rings is 1. The molecule has 11 rings (SSSR count). The summed E-state index contributed by atoms with van der Waals surface area (Å²) in [6.07, 6.45) is 0. The average Bonchev–Trinajstić information content (AvgIpc) is 3.89. The Kier molecular flexibility index (Phi) is 8.15. The molecule has 272 valence electrons. The number of hydrogen-bond acceptors (Lipinski definition) is 8. The number of fused-ring (bicyclic) bond motifs is 4. The molecule has 0 fully saturated rings. The van der Waals surface area contributed by atoms with Gasteiger partial charge in [0.05, 0.1) is 26.9 Å². The lowest BCUT2D eigenvalue weighted by Crippen LogP contribution is -2.05. The molecule has 0 aliphatic rings. The van der Waals surface area contributed by atoms with Crippen molar-refractivity contribution in [2.24, 2.45) is 0 Å². The van der Waals surface area contributed by atoms with Gasteiger partial charge in [-0.1, -0.05) is 140 Å². The summed E-state index contributed by atoms with van der Waals surface area (Å²) in [6.45, 7) is 0. The number of nitrogens with zero attached hydrogens (tertiary/aromatic N) is 8. The second-order valence-electron chi connectivity index (χ2n) is 13.8. The van der Waals surface area contributed by atoms with E-state index in [0.717, 1.165) is 70.5 Å². The molecule has 7 aromatic carbocycles. The van der Waals surface area contributed by atoms with E-state index < -0.39 is 0 Å². The Hall–Kier alpha value is -7.75. The van der Waals surface area contributed by atoms with Crippen LogP contribution in [0.2, 0.25) is 0 Å². The molecule has 0 bridgehead atoms. The van der Waals surface area contributed by atoms with Crippen molar-refractivity contribution in [1.82, 2.24) is 39.5 Å². The predicted octanol–water partition coefficient (Wildman–Crippen LogP) is 11.8. The van der Waals surface area contributed by atoms with Crippen LogP contribution in [0.1, 0.15) is 0 Å². The molecule has 0 saturated carbocycles. The zero-order valence-corrected chi connectivity index (χ0v) is 31.6. The van der Waals surface area contributed by atoms with E-state index in [9.17, 15) is 0 Å². The van der Waals surface area contributed by atoms with Gasteiger partial charge in [0.25, 0.3) is 0 Å². The molecular weight excluding hydrogens is 733 g/mol. The Bertz CT molecular complexity index is 3150. The number of hydrogen-bond donors (Lipinski definition) is 0. The molecule has 0 atom stereocenters. The van der Waals surface area contributed by atoms with E-state index in [1.807, 2.05) is 109 Å². The SMILES string of the molecule is c1ccc(-c2nc(-c3ccc(-n4c5ccccc5c5ccccc54)c(-c4nc(-c5ccccc5)nc(-c5ccccc5)n4)c3)nc(-c3nc4ccccc4s3)n2)cc1. The van der Waals surface area contributed by atoms with Crippen molar-refractivity contribution in [2.45, 2.75) is 0 Å². The molecule has 8 nitrogen and oxygen atoms in total. The van der Waals surface area contributed by atoms with Gasteiger partial charge in [0.2, 0.25) is 0 Å². The molecule has 4 aromatic heterocycles. The molecule has 0 unspecified atom stereocenters. The zero-order valence-electron chi connectivity index (χ0n) is 30.8. The third kappa shape index (κ3) is 5.98. The van der Waals surface area contributed by atoms with Crippen LogP contribution >= 0.6 is 11.3 Å². The molecule has 0 amide bonds. The summed E-state index contributed by atoms with van der Waals surface area (Å²) in [5.74, 6) is 3.26. The third-order valence-corrected chi connectivity index (χ3v) is 11.2. The van der Waals surface area contributed by atoms with E-state index in [1.165, 1.54) is 0 Å². The molecule has 0 spiro atoms. The van der Waals surface area contributed by atoms with Gasteiger partial charge in [-0.05, 0) is 42.5 Å². The molecule has 0 saturated heterocycles. The van der Waals surface area contributed by atoms with Crippen LogP contribution < -0.4 is 0 Å². The Morgan fingerprint density at radius 2 is 0.793 bits per heavy atom. The normalized spacial score (nSPS) is 11.4. The summed E-state index contributed by atoms with van der Waals surface area (Å²) in [5, 5.41) is 3.04. The minimum Gasteiger partial charge on any atom is -0.309 e. The summed E-state index contributed by atoms with van der Waals surface area (Å²) in [5.41, 5.74) is 8.20. The van der Waals surface area contributed by atoms with E-state index in [-0.39, 0.29) is 0 Å². The maximum atomic E-state index is 5.22. The quantitative estimate of drug-likeness (QED) is 0.159. The highest BCUT2D eigenvalue weighted by Gasteiger charge is 2.22. The summed E-state index contributed by atoms with van der Waals surface area (Å²) in [6, 6.07) is 61.5. The number of aromatic nitrogens is 8. The minimum atomic E-state index is 0.510. The summed E-state index contributed by atoms with van der Waals surface area (Å²) < 4.78 is 3.37. The first kappa shape index (κ1) is 33.6. The Morgan fingerprint density at radius 3 is 1.34 bits per heavy atom. The van der Waals surface area contributed by atoms with Crippen molar-refractivity contribution < 1.29 is 0 Å². The summed E-state index contributed by atoms with van der Waals surface area (Å²) >= 11 is 1.57. The number of rotatable bonds is 7. The Balaban J connectivity index is 1.19. The molecule has 0 radical (unpaired) electrons. The highest BCUT2D eigenvalue weighted by Crippen LogP contribution is 2.38. The number of benzene rings is 7. The van der Waals surface area contributed by atoms with E-state index in [2.05, 4.69) is 77.4 Å². The molecule has 9 heteroatoms. The molecule has 11 aromatic rings. The van der Waals surface area contributed by atoms with Gasteiger partial charge in [0.15, 0.2) is 40.0 Å². The van der Waals surface area contributed by atoms with Crippen LogP contribution in [0.25, 0.3) is 105 Å². The van der Waals surface area contributed by atoms with Crippen molar-refractivity contribution >= 4 is 43.4 Å². The topological polar surface area (TPSA) is 95.2 Å². The van der Waals surface area contributed by atoms with Crippen molar-refractivity contribution in [3.05, 3.63) is 182 Å². The zero-order chi connectivity index (χ0) is 38.4. The fraction of sp³-hybridized carbons (Fsp3) is 0. The van der Waals surface area contributed by atoms with Gasteiger partial charge < -0.3 is 4.57 Å². The minimum absolute atomic E-state index is 0.510. The van der Waals surface area contributed by atoms with Crippen molar-refractivity contribution in [3.8, 4) is 73.5 Å². The van der Waals surface area contributed by atoms with E-state index >= 15 is 0 Å². The standard InChI is InChI=1S/C49H30N8S/c1-4-16-31(17-5-1)43-51-44(32-18-6-2-7-19-32)54-47(53-43)37-30-34(28-29-41(37)57-39-25-13-10-22-35(39)36-23-11-14-26-40(36)57)46-52-45(33-20-8-3-9-21-33)55-48(56-46)49-50-38-24-12-15-27-42(38)58-49/h1-30H. The average molecular weight is 763 g/mol. The van der Waals surface area contributed by atoms with Gasteiger partial charge >= 0.3 is 0 Å². The second-order valence-corrected chi connectivity index (χ2v) is 14.8. The first-order valence-electron chi connectivity index (χ1n) is 18.9. The lowest BCUT2D eigenvalue weighted by atomic mass is 10.1. The lowest BCUT2D eigenvalue weighted by molar-refractivity contribution is 1.06. The maximum Gasteiger partial charge on any atom is 0.192 e. The van der Waals surface area contributed by atoms with Crippen LogP contribution in [0.5, 0.6) is 0 Å². The smallest absolute Gasteiger partial charge is 0.192 e.